The lowest BCUT2D eigenvalue weighted by Crippen LogP contribution is -2.54. The first-order valence-corrected chi connectivity index (χ1v) is 6.44. The van der Waals surface area contributed by atoms with E-state index in [9.17, 15) is 9.90 Å². The fourth-order valence-corrected chi connectivity index (χ4v) is 2.24. The number of nitrogens with two attached hydrogens (primary N) is 1. The predicted octanol–water partition coefficient (Wildman–Crippen LogP) is 0.482. The molecule has 1 fully saturated rings. The zero-order chi connectivity index (χ0) is 12.8. The van der Waals surface area contributed by atoms with Crippen LogP contribution in [0, 0.1) is 0 Å². The number of nitrogens with zero attached hydrogens (tertiary/aromatic N) is 2. The van der Waals surface area contributed by atoms with Gasteiger partial charge in [-0.15, -0.1) is 24.8 Å². The van der Waals surface area contributed by atoms with Gasteiger partial charge in [-0.3, -0.25) is 9.69 Å². The molecule has 0 radical (unpaired) electrons. The number of hydrogen-bond acceptors (Lipinski definition) is 4. The molecule has 2 unspecified atom stereocenters. The monoisotopic (exact) mass is 315 g/mol. The maximum Gasteiger partial charge on any atom is 0.222 e. The molecule has 1 heterocycles. The molecule has 0 aromatic rings. The number of amides is 1. The molecule has 7 heteroatoms. The van der Waals surface area contributed by atoms with Crippen LogP contribution >= 0.6 is 24.8 Å². The fraction of sp³-hybridized carbons (Fsp3) is 0.917. The standard InChI is InChI=1S/C12H25N3O2.2ClH/c1-10-8-15(12(17)4-3-5-13)7-6-14(10)9-11(2)16;;/h10-11,16H,3-9,13H2,1-2H3;2*1H. The number of piperazine rings is 1. The van der Waals surface area contributed by atoms with Gasteiger partial charge in [-0.1, -0.05) is 0 Å². The van der Waals surface area contributed by atoms with E-state index in [1.54, 1.807) is 6.92 Å². The van der Waals surface area contributed by atoms with Gasteiger partial charge in [0.2, 0.25) is 5.91 Å². The molecule has 1 rings (SSSR count). The van der Waals surface area contributed by atoms with Crippen LogP contribution in [-0.4, -0.2) is 65.7 Å². The summed E-state index contributed by atoms with van der Waals surface area (Å²) >= 11 is 0. The number of carbonyl (C=O) groups is 1. The van der Waals surface area contributed by atoms with Gasteiger partial charge in [-0.2, -0.15) is 0 Å². The average molecular weight is 316 g/mol. The van der Waals surface area contributed by atoms with Gasteiger partial charge in [-0.25, -0.2) is 0 Å². The van der Waals surface area contributed by atoms with Gasteiger partial charge in [0, 0.05) is 38.6 Å². The molecule has 0 spiro atoms. The lowest BCUT2D eigenvalue weighted by atomic mass is 10.1. The predicted molar refractivity (Wildman–Crippen MR) is 82.1 cm³/mol. The van der Waals surface area contributed by atoms with E-state index in [1.165, 1.54) is 0 Å². The van der Waals surface area contributed by atoms with Crippen molar-refractivity contribution >= 4 is 30.7 Å². The first-order chi connectivity index (χ1) is 8.04. The second-order valence-electron chi connectivity index (χ2n) is 4.92. The molecular formula is C12H27Cl2N3O2. The van der Waals surface area contributed by atoms with Crippen LogP contribution in [0.25, 0.3) is 0 Å². The molecule has 19 heavy (non-hydrogen) atoms. The van der Waals surface area contributed by atoms with Crippen LogP contribution in [0.4, 0.5) is 0 Å². The van der Waals surface area contributed by atoms with Crippen LogP contribution < -0.4 is 5.73 Å². The van der Waals surface area contributed by atoms with Crippen LogP contribution in [0.3, 0.4) is 0 Å². The second kappa shape index (κ2) is 10.7. The van der Waals surface area contributed by atoms with Crippen molar-refractivity contribution in [2.45, 2.75) is 38.8 Å². The van der Waals surface area contributed by atoms with Crippen molar-refractivity contribution in [1.29, 1.82) is 0 Å². The molecule has 1 amide bonds. The van der Waals surface area contributed by atoms with E-state index in [-0.39, 0.29) is 36.8 Å². The molecule has 1 aliphatic heterocycles. The Bertz CT molecular complexity index is 255. The molecule has 0 aromatic carbocycles. The van der Waals surface area contributed by atoms with E-state index in [0.717, 1.165) is 26.1 Å². The van der Waals surface area contributed by atoms with Crippen LogP contribution in [0.15, 0.2) is 0 Å². The highest BCUT2D eigenvalue weighted by Crippen LogP contribution is 2.11. The normalized spacial score (nSPS) is 21.3. The molecule has 1 aliphatic rings. The van der Waals surface area contributed by atoms with Crippen LogP contribution in [0.5, 0.6) is 0 Å². The smallest absolute Gasteiger partial charge is 0.222 e. The van der Waals surface area contributed by atoms with Crippen molar-refractivity contribution in [1.82, 2.24) is 9.80 Å². The number of aliphatic hydroxyl groups is 1. The third-order valence-electron chi connectivity index (χ3n) is 3.21. The molecule has 0 saturated carbocycles. The molecule has 116 valence electrons. The van der Waals surface area contributed by atoms with E-state index < -0.39 is 0 Å². The number of β-amino-alcohol motifs (C(OH)–C–C–N with tert-alkyl or cyclic N) is 1. The Balaban J connectivity index is 0. The van der Waals surface area contributed by atoms with Gasteiger partial charge in [0.05, 0.1) is 6.10 Å². The van der Waals surface area contributed by atoms with Crippen molar-refractivity contribution < 1.29 is 9.90 Å². The van der Waals surface area contributed by atoms with Gasteiger partial charge in [-0.05, 0) is 26.8 Å². The molecule has 0 aliphatic carbocycles. The van der Waals surface area contributed by atoms with Crippen molar-refractivity contribution in [3.05, 3.63) is 0 Å². The summed E-state index contributed by atoms with van der Waals surface area (Å²) in [6, 6.07) is 0.320. The lowest BCUT2D eigenvalue weighted by Gasteiger charge is -2.40. The van der Waals surface area contributed by atoms with E-state index in [2.05, 4.69) is 11.8 Å². The fourth-order valence-electron chi connectivity index (χ4n) is 2.24. The molecule has 5 nitrogen and oxygen atoms in total. The van der Waals surface area contributed by atoms with E-state index >= 15 is 0 Å². The Hall–Kier alpha value is -0.0700. The van der Waals surface area contributed by atoms with E-state index in [4.69, 9.17) is 5.73 Å². The Morgan fingerprint density at radius 1 is 1.42 bits per heavy atom. The maximum absolute atomic E-state index is 11.8. The van der Waals surface area contributed by atoms with Crippen molar-refractivity contribution in [3.63, 3.8) is 0 Å². The summed E-state index contributed by atoms with van der Waals surface area (Å²) in [4.78, 5) is 16.0. The van der Waals surface area contributed by atoms with Gasteiger partial charge in [0.25, 0.3) is 0 Å². The maximum atomic E-state index is 11.8. The van der Waals surface area contributed by atoms with Gasteiger partial charge >= 0.3 is 0 Å². The van der Waals surface area contributed by atoms with Crippen molar-refractivity contribution in [3.8, 4) is 0 Å². The second-order valence-corrected chi connectivity index (χ2v) is 4.92. The number of halogens is 2. The van der Waals surface area contributed by atoms with Crippen LogP contribution in [-0.2, 0) is 4.79 Å². The van der Waals surface area contributed by atoms with Crippen LogP contribution in [0.1, 0.15) is 26.7 Å². The SMILES string of the molecule is CC(O)CN1CCN(C(=O)CCCN)CC1C.Cl.Cl. The Morgan fingerprint density at radius 2 is 2.05 bits per heavy atom. The largest absolute Gasteiger partial charge is 0.392 e. The Labute approximate surface area is 128 Å². The van der Waals surface area contributed by atoms with Crippen molar-refractivity contribution in [2.24, 2.45) is 5.73 Å². The van der Waals surface area contributed by atoms with Crippen molar-refractivity contribution in [2.75, 3.05) is 32.7 Å². The highest BCUT2D eigenvalue weighted by molar-refractivity contribution is 5.85. The molecular weight excluding hydrogens is 289 g/mol. The average Bonchev–Trinajstić information content (AvgIpc) is 2.28. The third kappa shape index (κ3) is 7.32. The van der Waals surface area contributed by atoms with Gasteiger partial charge in [0.1, 0.15) is 0 Å². The number of hydrogen-bond donors (Lipinski definition) is 2. The van der Waals surface area contributed by atoms with E-state index in [1.807, 2.05) is 4.90 Å². The highest BCUT2D eigenvalue weighted by atomic mass is 35.5. The summed E-state index contributed by atoms with van der Waals surface area (Å²) in [6.45, 7) is 7.53. The molecule has 3 N–H and O–H groups in total. The third-order valence-corrected chi connectivity index (χ3v) is 3.21. The summed E-state index contributed by atoms with van der Waals surface area (Å²) in [6.07, 6.45) is 1.01. The summed E-state index contributed by atoms with van der Waals surface area (Å²) in [7, 11) is 0. The quantitative estimate of drug-likeness (QED) is 0.774. The molecule has 0 bridgehead atoms. The first-order valence-electron chi connectivity index (χ1n) is 6.44. The minimum absolute atomic E-state index is 0. The minimum atomic E-state index is -0.308. The summed E-state index contributed by atoms with van der Waals surface area (Å²) < 4.78 is 0. The van der Waals surface area contributed by atoms with Crippen LogP contribution in [0.2, 0.25) is 0 Å². The Kier molecular flexibility index (Phi) is 11.9. The molecule has 1 saturated heterocycles. The van der Waals surface area contributed by atoms with Gasteiger partial charge in [0.15, 0.2) is 0 Å². The Morgan fingerprint density at radius 3 is 2.53 bits per heavy atom. The highest BCUT2D eigenvalue weighted by Gasteiger charge is 2.26. The van der Waals surface area contributed by atoms with Gasteiger partial charge < -0.3 is 15.7 Å². The number of aliphatic hydroxyl groups excluding tert-OH is 1. The van der Waals surface area contributed by atoms with E-state index in [0.29, 0.717) is 25.6 Å². The lowest BCUT2D eigenvalue weighted by molar-refractivity contribution is -0.134. The number of carbonyl (C=O) groups excluding carboxylic acids is 1. The molecule has 2 atom stereocenters. The topological polar surface area (TPSA) is 69.8 Å². The number of rotatable bonds is 5. The zero-order valence-corrected chi connectivity index (χ0v) is 13.4. The first kappa shape index (κ1) is 21.2. The minimum Gasteiger partial charge on any atom is -0.392 e. The molecule has 0 aromatic heterocycles. The summed E-state index contributed by atoms with van der Waals surface area (Å²) in [5, 5.41) is 9.38. The zero-order valence-electron chi connectivity index (χ0n) is 11.7. The summed E-state index contributed by atoms with van der Waals surface area (Å²) in [5.41, 5.74) is 5.40. The summed E-state index contributed by atoms with van der Waals surface area (Å²) in [5.74, 6) is 0.207.